The third-order valence-electron chi connectivity index (χ3n) is 5.58. The number of rotatable bonds is 6. The summed E-state index contributed by atoms with van der Waals surface area (Å²) in [6, 6.07) is 14.9. The van der Waals surface area contributed by atoms with Crippen molar-refractivity contribution in [2.75, 3.05) is 42.9 Å². The van der Waals surface area contributed by atoms with Crippen LogP contribution in [0.3, 0.4) is 0 Å². The van der Waals surface area contributed by atoms with Gasteiger partial charge in [-0.25, -0.2) is 0 Å². The van der Waals surface area contributed by atoms with Crippen LogP contribution in [0.15, 0.2) is 42.5 Å². The number of aryl methyl sites for hydroxylation is 2. The molecular weight excluding hydrogens is 334 g/mol. The van der Waals surface area contributed by atoms with E-state index < -0.39 is 0 Å². The minimum Gasteiger partial charge on any atom is -0.385 e. The second-order valence-corrected chi connectivity index (χ2v) is 7.31. The van der Waals surface area contributed by atoms with Crippen molar-refractivity contribution in [3.05, 3.63) is 59.2 Å². The molecule has 2 aromatic carbocycles. The number of hydrogen-bond acceptors (Lipinski definition) is 3. The maximum atomic E-state index is 12.5. The van der Waals surface area contributed by atoms with Crippen molar-refractivity contribution in [1.82, 2.24) is 4.90 Å². The predicted molar refractivity (Wildman–Crippen MR) is 114 cm³/mol. The van der Waals surface area contributed by atoms with E-state index >= 15 is 0 Å². The van der Waals surface area contributed by atoms with Gasteiger partial charge in [-0.3, -0.25) is 4.79 Å². The van der Waals surface area contributed by atoms with Crippen LogP contribution in [0.4, 0.5) is 11.4 Å². The predicted octanol–water partition coefficient (Wildman–Crippen LogP) is 4.02. The molecule has 1 aliphatic heterocycles. The van der Waals surface area contributed by atoms with E-state index in [0.29, 0.717) is 13.0 Å². The standard InChI is InChI=1S/C23H31N3O/c1-4-20-8-10-21(11-9-20)24-13-12-23(27)26-16-14-25(15-17-26)22-7-5-6-18(2)19(22)3/h5-11,24H,4,12-17H2,1-3H3. The molecule has 1 N–H and O–H groups in total. The lowest BCUT2D eigenvalue weighted by molar-refractivity contribution is -0.131. The average molecular weight is 366 g/mol. The smallest absolute Gasteiger partial charge is 0.224 e. The highest BCUT2D eigenvalue weighted by Gasteiger charge is 2.21. The fourth-order valence-corrected chi connectivity index (χ4v) is 3.61. The minimum absolute atomic E-state index is 0.244. The van der Waals surface area contributed by atoms with Gasteiger partial charge in [0.1, 0.15) is 0 Å². The first-order chi connectivity index (χ1) is 13.1. The van der Waals surface area contributed by atoms with Crippen molar-refractivity contribution in [3.8, 4) is 0 Å². The molecule has 1 amide bonds. The van der Waals surface area contributed by atoms with Crippen molar-refractivity contribution in [3.63, 3.8) is 0 Å². The zero-order valence-corrected chi connectivity index (χ0v) is 16.8. The molecule has 4 heteroatoms. The second-order valence-electron chi connectivity index (χ2n) is 7.31. The maximum Gasteiger partial charge on any atom is 0.224 e. The van der Waals surface area contributed by atoms with Gasteiger partial charge in [-0.05, 0) is 55.2 Å². The number of carbonyl (C=O) groups is 1. The molecule has 3 rings (SSSR count). The number of amides is 1. The maximum absolute atomic E-state index is 12.5. The molecule has 0 bridgehead atoms. The van der Waals surface area contributed by atoms with Crippen molar-refractivity contribution in [1.29, 1.82) is 0 Å². The van der Waals surface area contributed by atoms with Crippen LogP contribution < -0.4 is 10.2 Å². The van der Waals surface area contributed by atoms with Crippen molar-refractivity contribution in [2.45, 2.75) is 33.6 Å². The largest absolute Gasteiger partial charge is 0.385 e. The Labute approximate surface area is 163 Å². The van der Waals surface area contributed by atoms with Crippen molar-refractivity contribution >= 4 is 17.3 Å². The summed E-state index contributed by atoms with van der Waals surface area (Å²) >= 11 is 0. The first kappa shape index (κ1) is 19.3. The molecule has 0 unspecified atom stereocenters. The van der Waals surface area contributed by atoms with E-state index in [2.05, 4.69) is 73.5 Å². The summed E-state index contributed by atoms with van der Waals surface area (Å²) in [7, 11) is 0. The summed E-state index contributed by atoms with van der Waals surface area (Å²) in [6.45, 7) is 10.6. The lowest BCUT2D eigenvalue weighted by atomic mass is 10.1. The normalized spacial score (nSPS) is 14.3. The fourth-order valence-electron chi connectivity index (χ4n) is 3.61. The molecule has 0 aliphatic carbocycles. The Kier molecular flexibility index (Phi) is 6.38. The SMILES string of the molecule is CCc1ccc(NCCC(=O)N2CCN(c3cccc(C)c3C)CC2)cc1. The summed E-state index contributed by atoms with van der Waals surface area (Å²) in [5.41, 5.74) is 6.39. The molecule has 0 aromatic heterocycles. The minimum atomic E-state index is 0.244. The van der Waals surface area contributed by atoms with Gasteiger partial charge in [-0.15, -0.1) is 0 Å². The third-order valence-corrected chi connectivity index (χ3v) is 5.58. The van der Waals surface area contributed by atoms with Gasteiger partial charge in [-0.1, -0.05) is 31.2 Å². The van der Waals surface area contributed by atoms with Gasteiger partial charge in [0.05, 0.1) is 0 Å². The number of carbonyl (C=O) groups excluding carboxylic acids is 1. The molecule has 144 valence electrons. The molecule has 1 fully saturated rings. The Hall–Kier alpha value is -2.49. The van der Waals surface area contributed by atoms with Gasteiger partial charge in [0.2, 0.25) is 5.91 Å². The van der Waals surface area contributed by atoms with Gasteiger partial charge in [0.25, 0.3) is 0 Å². The van der Waals surface area contributed by atoms with Crippen molar-refractivity contribution in [2.24, 2.45) is 0 Å². The zero-order chi connectivity index (χ0) is 19.2. The second kappa shape index (κ2) is 8.94. The monoisotopic (exact) mass is 365 g/mol. The number of nitrogens with one attached hydrogen (secondary N) is 1. The van der Waals surface area contributed by atoms with Crippen LogP contribution in [0.2, 0.25) is 0 Å². The van der Waals surface area contributed by atoms with Crippen LogP contribution in [0, 0.1) is 13.8 Å². The van der Waals surface area contributed by atoms with E-state index in [1.54, 1.807) is 0 Å². The van der Waals surface area contributed by atoms with Crippen LogP contribution in [-0.4, -0.2) is 43.5 Å². The third kappa shape index (κ3) is 4.82. The summed E-state index contributed by atoms with van der Waals surface area (Å²) in [4.78, 5) is 16.9. The highest BCUT2D eigenvalue weighted by atomic mass is 16.2. The summed E-state index contributed by atoms with van der Waals surface area (Å²) < 4.78 is 0. The molecule has 4 nitrogen and oxygen atoms in total. The van der Waals surface area contributed by atoms with Gasteiger partial charge in [-0.2, -0.15) is 0 Å². The number of benzene rings is 2. The van der Waals surface area contributed by atoms with Crippen molar-refractivity contribution < 1.29 is 4.79 Å². The molecule has 0 saturated carbocycles. The Morgan fingerprint density at radius 2 is 1.70 bits per heavy atom. The van der Waals surface area contributed by atoms with E-state index in [-0.39, 0.29) is 5.91 Å². The summed E-state index contributed by atoms with van der Waals surface area (Å²) in [5, 5.41) is 3.36. The Morgan fingerprint density at radius 3 is 2.37 bits per heavy atom. The van der Waals surface area contributed by atoms with Crippen LogP contribution in [0.5, 0.6) is 0 Å². The van der Waals surface area contributed by atoms with E-state index in [0.717, 1.165) is 38.3 Å². The quantitative estimate of drug-likeness (QED) is 0.840. The number of nitrogens with zero attached hydrogens (tertiary/aromatic N) is 2. The Morgan fingerprint density at radius 1 is 1.00 bits per heavy atom. The molecule has 0 radical (unpaired) electrons. The van der Waals surface area contributed by atoms with E-state index in [4.69, 9.17) is 0 Å². The first-order valence-corrected chi connectivity index (χ1v) is 10.00. The van der Waals surface area contributed by atoms with Crippen LogP contribution >= 0.6 is 0 Å². The number of piperazine rings is 1. The summed E-state index contributed by atoms with van der Waals surface area (Å²) in [5.74, 6) is 0.244. The lowest BCUT2D eigenvalue weighted by Gasteiger charge is -2.37. The van der Waals surface area contributed by atoms with E-state index in [1.165, 1.54) is 22.4 Å². The highest BCUT2D eigenvalue weighted by molar-refractivity contribution is 5.77. The first-order valence-electron chi connectivity index (χ1n) is 10.00. The lowest BCUT2D eigenvalue weighted by Crippen LogP contribution is -2.49. The summed E-state index contributed by atoms with van der Waals surface area (Å²) in [6.07, 6.45) is 1.59. The molecule has 0 atom stereocenters. The Bertz CT molecular complexity index is 762. The molecule has 2 aromatic rings. The van der Waals surface area contributed by atoms with Gasteiger partial charge in [0, 0.05) is 50.5 Å². The topological polar surface area (TPSA) is 35.6 Å². The highest BCUT2D eigenvalue weighted by Crippen LogP contribution is 2.24. The van der Waals surface area contributed by atoms with Crippen LogP contribution in [0.1, 0.15) is 30.0 Å². The average Bonchev–Trinajstić information content (AvgIpc) is 2.70. The molecule has 1 aliphatic rings. The van der Waals surface area contributed by atoms with Crippen LogP contribution in [0.25, 0.3) is 0 Å². The molecule has 1 heterocycles. The molecule has 1 saturated heterocycles. The fraction of sp³-hybridized carbons (Fsp3) is 0.435. The zero-order valence-electron chi connectivity index (χ0n) is 16.8. The molecular formula is C23H31N3O. The molecule has 27 heavy (non-hydrogen) atoms. The van der Waals surface area contributed by atoms with Gasteiger partial charge < -0.3 is 15.1 Å². The number of anilines is 2. The molecule has 0 spiro atoms. The number of hydrogen-bond donors (Lipinski definition) is 1. The Balaban J connectivity index is 1.45. The van der Waals surface area contributed by atoms with Gasteiger partial charge in [0.15, 0.2) is 0 Å². The van der Waals surface area contributed by atoms with Crippen LogP contribution in [-0.2, 0) is 11.2 Å². The van der Waals surface area contributed by atoms with E-state index in [9.17, 15) is 4.79 Å². The van der Waals surface area contributed by atoms with E-state index in [1.807, 2.05) is 4.90 Å². The van der Waals surface area contributed by atoms with Gasteiger partial charge >= 0.3 is 0 Å².